The minimum Gasteiger partial charge on any atom is -0.352 e. The number of nitrogens with one attached hydrogen (secondary N) is 1. The molecule has 3 aromatic rings. The first kappa shape index (κ1) is 27.9. The van der Waals surface area contributed by atoms with Crippen molar-refractivity contribution in [3.8, 4) is 0 Å². The van der Waals surface area contributed by atoms with Crippen LogP contribution < -0.4 is 9.62 Å². The molecule has 0 heterocycles. The van der Waals surface area contributed by atoms with E-state index >= 15 is 0 Å². The van der Waals surface area contributed by atoms with E-state index in [4.69, 9.17) is 0 Å². The maximum absolute atomic E-state index is 13.8. The molecule has 7 nitrogen and oxygen atoms in total. The predicted molar refractivity (Wildman–Crippen MR) is 142 cm³/mol. The van der Waals surface area contributed by atoms with Crippen molar-refractivity contribution in [1.82, 2.24) is 10.2 Å². The van der Waals surface area contributed by atoms with Gasteiger partial charge in [-0.2, -0.15) is 0 Å². The summed E-state index contributed by atoms with van der Waals surface area (Å²) in [5.41, 5.74) is 2.05. The van der Waals surface area contributed by atoms with E-state index in [-0.39, 0.29) is 29.1 Å². The number of carbonyl (C=O) groups excluding carboxylic acids is 2. The lowest BCUT2D eigenvalue weighted by molar-refractivity contribution is -0.139. The maximum atomic E-state index is 13.8. The number of hydrogen-bond acceptors (Lipinski definition) is 4. The summed E-state index contributed by atoms with van der Waals surface area (Å²) in [5.74, 6) is -1.47. The summed E-state index contributed by atoms with van der Waals surface area (Å²) in [4.78, 5) is 27.9. The SMILES string of the molecule is Cc1ccccc1CN(C(=O)CN(c1ccccc1)S(=O)(=O)c1ccc(F)cc1)C(C)C(=O)NC(C)C. The molecule has 0 radical (unpaired) electrons. The van der Waals surface area contributed by atoms with Crippen molar-refractivity contribution in [3.63, 3.8) is 0 Å². The smallest absolute Gasteiger partial charge is 0.264 e. The highest BCUT2D eigenvalue weighted by atomic mass is 32.2. The third kappa shape index (κ3) is 6.95. The van der Waals surface area contributed by atoms with Crippen LogP contribution in [0.1, 0.15) is 31.9 Å². The van der Waals surface area contributed by atoms with E-state index in [1.807, 2.05) is 45.0 Å². The number of para-hydroxylation sites is 1. The zero-order valence-corrected chi connectivity index (χ0v) is 22.2. The fraction of sp³-hybridized carbons (Fsp3) is 0.286. The second-order valence-electron chi connectivity index (χ2n) is 9.09. The summed E-state index contributed by atoms with van der Waals surface area (Å²) in [6.07, 6.45) is 0. The number of rotatable bonds is 10. The van der Waals surface area contributed by atoms with Crippen molar-refractivity contribution >= 4 is 27.5 Å². The molecule has 1 atom stereocenters. The average Bonchev–Trinajstić information content (AvgIpc) is 2.86. The first-order valence-electron chi connectivity index (χ1n) is 12.0. The molecule has 0 aromatic heterocycles. The van der Waals surface area contributed by atoms with Crippen LogP contribution >= 0.6 is 0 Å². The van der Waals surface area contributed by atoms with Gasteiger partial charge in [0.2, 0.25) is 11.8 Å². The number of halogens is 1. The lowest BCUT2D eigenvalue weighted by Gasteiger charge is -2.32. The molecule has 0 aliphatic carbocycles. The molecule has 1 unspecified atom stereocenters. The Morgan fingerprint density at radius 3 is 2.08 bits per heavy atom. The van der Waals surface area contributed by atoms with E-state index in [1.54, 1.807) is 37.3 Å². The number of hydrogen-bond donors (Lipinski definition) is 1. The summed E-state index contributed by atoms with van der Waals surface area (Å²) in [6, 6.07) is 19.2. The number of aryl methyl sites for hydroxylation is 1. The quantitative estimate of drug-likeness (QED) is 0.428. The van der Waals surface area contributed by atoms with E-state index < -0.39 is 34.3 Å². The number of carbonyl (C=O) groups is 2. The van der Waals surface area contributed by atoms with Gasteiger partial charge in [-0.3, -0.25) is 13.9 Å². The lowest BCUT2D eigenvalue weighted by atomic mass is 10.1. The highest BCUT2D eigenvalue weighted by Gasteiger charge is 2.32. The van der Waals surface area contributed by atoms with Gasteiger partial charge in [0.1, 0.15) is 18.4 Å². The fourth-order valence-corrected chi connectivity index (χ4v) is 5.23. The highest BCUT2D eigenvalue weighted by molar-refractivity contribution is 7.92. The van der Waals surface area contributed by atoms with Crippen LogP contribution in [0.2, 0.25) is 0 Å². The molecule has 0 aliphatic heterocycles. The van der Waals surface area contributed by atoms with Crippen LogP contribution in [0.5, 0.6) is 0 Å². The monoisotopic (exact) mass is 525 g/mol. The maximum Gasteiger partial charge on any atom is 0.264 e. The van der Waals surface area contributed by atoms with Gasteiger partial charge < -0.3 is 10.2 Å². The molecule has 196 valence electrons. The van der Waals surface area contributed by atoms with Crippen molar-refractivity contribution in [2.24, 2.45) is 0 Å². The first-order chi connectivity index (χ1) is 17.5. The van der Waals surface area contributed by atoms with E-state index in [9.17, 15) is 22.4 Å². The first-order valence-corrected chi connectivity index (χ1v) is 13.4. The molecular formula is C28H32FN3O4S. The Morgan fingerprint density at radius 2 is 1.49 bits per heavy atom. The van der Waals surface area contributed by atoms with Crippen molar-refractivity contribution in [2.45, 2.75) is 51.2 Å². The van der Waals surface area contributed by atoms with Crippen molar-refractivity contribution in [2.75, 3.05) is 10.8 Å². The van der Waals surface area contributed by atoms with E-state index in [2.05, 4.69) is 5.32 Å². The second kappa shape index (κ2) is 12.0. The Bertz CT molecular complexity index is 1330. The second-order valence-corrected chi connectivity index (χ2v) is 11.0. The number of nitrogens with zero attached hydrogens (tertiary/aromatic N) is 2. The van der Waals surface area contributed by atoms with Crippen LogP contribution in [0.4, 0.5) is 10.1 Å². The van der Waals surface area contributed by atoms with Gasteiger partial charge in [0.05, 0.1) is 10.6 Å². The summed E-state index contributed by atoms with van der Waals surface area (Å²) >= 11 is 0. The molecule has 0 fully saturated rings. The molecule has 37 heavy (non-hydrogen) atoms. The number of amides is 2. The van der Waals surface area contributed by atoms with Gasteiger partial charge in [0.25, 0.3) is 10.0 Å². The topological polar surface area (TPSA) is 86.8 Å². The molecule has 1 N–H and O–H groups in total. The average molecular weight is 526 g/mol. The highest BCUT2D eigenvalue weighted by Crippen LogP contribution is 2.25. The molecule has 0 aliphatic rings. The molecule has 9 heteroatoms. The van der Waals surface area contributed by atoms with E-state index in [0.29, 0.717) is 0 Å². The van der Waals surface area contributed by atoms with Gasteiger partial charge in [0.15, 0.2) is 0 Å². The Labute approximate surface area is 218 Å². The van der Waals surface area contributed by atoms with Gasteiger partial charge in [-0.05, 0) is 75.2 Å². The molecular weight excluding hydrogens is 493 g/mol. The Balaban J connectivity index is 2.01. The van der Waals surface area contributed by atoms with Crippen LogP contribution in [0.15, 0.2) is 83.8 Å². The third-order valence-corrected chi connectivity index (χ3v) is 7.71. The summed E-state index contributed by atoms with van der Waals surface area (Å²) in [7, 11) is -4.23. The van der Waals surface area contributed by atoms with E-state index in [0.717, 1.165) is 39.7 Å². The molecule has 0 saturated heterocycles. The largest absolute Gasteiger partial charge is 0.352 e. The molecule has 2 amide bonds. The Hall–Kier alpha value is -3.72. The van der Waals surface area contributed by atoms with Gasteiger partial charge >= 0.3 is 0 Å². The van der Waals surface area contributed by atoms with E-state index in [1.165, 1.54) is 4.90 Å². The van der Waals surface area contributed by atoms with Crippen molar-refractivity contribution in [3.05, 3.63) is 95.8 Å². The Morgan fingerprint density at radius 1 is 0.892 bits per heavy atom. The molecule has 3 rings (SSSR count). The van der Waals surface area contributed by atoms with Gasteiger partial charge in [-0.25, -0.2) is 12.8 Å². The van der Waals surface area contributed by atoms with Crippen LogP contribution in [0.25, 0.3) is 0 Å². The summed E-state index contributed by atoms with van der Waals surface area (Å²) < 4.78 is 41.7. The summed E-state index contributed by atoms with van der Waals surface area (Å²) in [6.45, 7) is 6.75. The normalized spacial score (nSPS) is 12.2. The molecule has 0 bridgehead atoms. The number of sulfonamides is 1. The number of benzene rings is 3. The third-order valence-electron chi connectivity index (χ3n) is 5.92. The minimum atomic E-state index is -4.23. The molecule has 0 spiro atoms. The van der Waals surface area contributed by atoms with Crippen LogP contribution in [-0.2, 0) is 26.2 Å². The molecule has 3 aromatic carbocycles. The van der Waals surface area contributed by atoms with Crippen LogP contribution in [0, 0.1) is 12.7 Å². The zero-order chi connectivity index (χ0) is 27.2. The van der Waals surface area contributed by atoms with Crippen LogP contribution in [0.3, 0.4) is 0 Å². The predicted octanol–water partition coefficient (Wildman–Crippen LogP) is 4.27. The van der Waals surface area contributed by atoms with Crippen LogP contribution in [-0.4, -0.2) is 43.8 Å². The Kier molecular flexibility index (Phi) is 9.04. The zero-order valence-electron chi connectivity index (χ0n) is 21.4. The van der Waals surface area contributed by atoms with Gasteiger partial charge in [-0.1, -0.05) is 42.5 Å². The standard InChI is InChI=1S/C28H32FN3O4S/c1-20(2)30-28(34)22(4)31(18-23-11-9-8-10-21(23)3)27(33)19-32(25-12-6-5-7-13-25)37(35,36)26-16-14-24(29)15-17-26/h5-17,20,22H,18-19H2,1-4H3,(H,30,34). The van der Waals surface area contributed by atoms with Gasteiger partial charge in [-0.15, -0.1) is 0 Å². The fourth-order valence-electron chi connectivity index (χ4n) is 3.82. The van der Waals surface area contributed by atoms with Gasteiger partial charge in [0, 0.05) is 12.6 Å². The number of anilines is 1. The minimum absolute atomic E-state index is 0.122. The van der Waals surface area contributed by atoms with Crippen molar-refractivity contribution in [1.29, 1.82) is 0 Å². The van der Waals surface area contributed by atoms with Crippen molar-refractivity contribution < 1.29 is 22.4 Å². The summed E-state index contributed by atoms with van der Waals surface area (Å²) in [5, 5.41) is 2.82. The molecule has 0 saturated carbocycles. The lowest BCUT2D eigenvalue weighted by Crippen LogP contribution is -2.52.